The molecule has 1 saturated heterocycles. The smallest absolute Gasteiger partial charge is 0.410 e. The molecule has 0 unspecified atom stereocenters. The molecule has 3 N–H and O–H groups in total. The number of likely N-dealkylation sites (tertiary alicyclic amines) is 1. The van der Waals surface area contributed by atoms with Crippen LogP contribution in [0.5, 0.6) is 0 Å². The van der Waals surface area contributed by atoms with Gasteiger partial charge in [-0.1, -0.05) is 6.07 Å². The summed E-state index contributed by atoms with van der Waals surface area (Å²) in [5.41, 5.74) is 9.50. The third-order valence-electron chi connectivity index (χ3n) is 5.16. The van der Waals surface area contributed by atoms with Crippen LogP contribution < -0.4 is 11.1 Å². The number of fused-ring (bicyclic) bond motifs is 1. The number of nitrogens with one attached hydrogen (secondary N) is 1. The molecule has 6 nitrogen and oxygen atoms in total. The molecule has 156 valence electrons. The van der Waals surface area contributed by atoms with Crippen LogP contribution in [-0.2, 0) is 17.6 Å². The van der Waals surface area contributed by atoms with Crippen LogP contribution >= 0.6 is 24.0 Å². The van der Waals surface area contributed by atoms with Crippen molar-refractivity contribution in [1.29, 1.82) is 0 Å². The molecular weight excluding hydrogens is 467 g/mol. The summed E-state index contributed by atoms with van der Waals surface area (Å²) < 4.78 is 5.44. The fraction of sp³-hybridized carbons (Fsp3) is 0.619. The van der Waals surface area contributed by atoms with E-state index in [9.17, 15) is 4.79 Å². The fourth-order valence-electron chi connectivity index (χ4n) is 3.69. The molecule has 0 aromatic heterocycles. The van der Waals surface area contributed by atoms with Gasteiger partial charge in [-0.25, -0.2) is 4.79 Å². The number of amides is 1. The van der Waals surface area contributed by atoms with Crippen molar-refractivity contribution in [2.24, 2.45) is 16.6 Å². The molecule has 1 aromatic carbocycles. The van der Waals surface area contributed by atoms with Crippen molar-refractivity contribution in [3.8, 4) is 0 Å². The minimum Gasteiger partial charge on any atom is -0.444 e. The molecule has 2 aliphatic rings. The lowest BCUT2D eigenvalue weighted by atomic mass is 9.97. The number of piperidine rings is 1. The topological polar surface area (TPSA) is 80.0 Å². The molecule has 0 bridgehead atoms. The highest BCUT2D eigenvalue weighted by Gasteiger charge is 2.26. The second-order valence-corrected chi connectivity index (χ2v) is 8.60. The lowest BCUT2D eigenvalue weighted by Gasteiger charge is -2.33. The van der Waals surface area contributed by atoms with Crippen molar-refractivity contribution >= 4 is 41.7 Å². The number of carbonyl (C=O) groups excluding carboxylic acids is 1. The predicted octanol–water partition coefficient (Wildman–Crippen LogP) is 4.17. The van der Waals surface area contributed by atoms with Crippen LogP contribution in [0.25, 0.3) is 0 Å². The lowest BCUT2D eigenvalue weighted by Crippen LogP contribution is -2.42. The molecule has 0 atom stereocenters. The molecule has 1 heterocycles. The Morgan fingerprint density at radius 2 is 1.93 bits per heavy atom. The van der Waals surface area contributed by atoms with E-state index >= 15 is 0 Å². The van der Waals surface area contributed by atoms with Gasteiger partial charge in [0.2, 0.25) is 0 Å². The van der Waals surface area contributed by atoms with Crippen molar-refractivity contribution in [3.05, 3.63) is 29.3 Å². The van der Waals surface area contributed by atoms with E-state index < -0.39 is 5.60 Å². The number of aliphatic imine (C=N–C) groups is 1. The molecular formula is C21H33IN4O2. The zero-order valence-electron chi connectivity index (χ0n) is 17.2. The number of hydrogen-bond donors (Lipinski definition) is 2. The summed E-state index contributed by atoms with van der Waals surface area (Å²) in [6, 6.07) is 6.44. The average molecular weight is 500 g/mol. The van der Waals surface area contributed by atoms with Crippen LogP contribution in [0.3, 0.4) is 0 Å². The summed E-state index contributed by atoms with van der Waals surface area (Å²) in [6.07, 6.45) is 5.20. The Hall–Kier alpha value is -1.51. The van der Waals surface area contributed by atoms with Gasteiger partial charge in [-0.2, -0.15) is 0 Å². The summed E-state index contributed by atoms with van der Waals surface area (Å²) >= 11 is 0. The zero-order chi connectivity index (χ0) is 19.4. The molecule has 1 aromatic rings. The summed E-state index contributed by atoms with van der Waals surface area (Å²) in [5, 5.41) is 3.21. The normalized spacial score (nSPS) is 17.7. The summed E-state index contributed by atoms with van der Waals surface area (Å²) in [4.78, 5) is 18.4. The van der Waals surface area contributed by atoms with Gasteiger partial charge in [0.1, 0.15) is 5.60 Å². The van der Waals surface area contributed by atoms with Gasteiger partial charge < -0.3 is 20.7 Å². The maximum atomic E-state index is 12.1. The van der Waals surface area contributed by atoms with E-state index in [1.54, 1.807) is 4.90 Å². The van der Waals surface area contributed by atoms with Crippen LogP contribution in [0.4, 0.5) is 10.5 Å². The van der Waals surface area contributed by atoms with Gasteiger partial charge in [0, 0.05) is 25.3 Å². The number of ether oxygens (including phenoxy) is 1. The molecule has 0 radical (unpaired) electrons. The van der Waals surface area contributed by atoms with Gasteiger partial charge in [-0.05, 0) is 82.1 Å². The van der Waals surface area contributed by atoms with E-state index in [1.165, 1.54) is 24.0 Å². The van der Waals surface area contributed by atoms with E-state index in [1.807, 2.05) is 20.8 Å². The molecule has 1 fully saturated rings. The molecule has 1 aliphatic heterocycles. The molecule has 0 spiro atoms. The Bertz CT molecular complexity index is 707. The SMILES string of the molecule is CC(C)(C)OC(=O)N1CCC(CN=C(N)Nc2ccc3c(c2)CCC3)CC1.I. The Morgan fingerprint density at radius 3 is 2.61 bits per heavy atom. The number of aryl methyl sites for hydroxylation is 2. The molecule has 7 heteroatoms. The van der Waals surface area contributed by atoms with Crippen molar-refractivity contribution in [1.82, 2.24) is 4.90 Å². The van der Waals surface area contributed by atoms with E-state index in [0.717, 1.165) is 24.9 Å². The average Bonchev–Trinajstić information content (AvgIpc) is 3.06. The van der Waals surface area contributed by atoms with E-state index in [4.69, 9.17) is 10.5 Å². The summed E-state index contributed by atoms with van der Waals surface area (Å²) in [6.45, 7) is 7.79. The van der Waals surface area contributed by atoms with Crippen LogP contribution in [0.15, 0.2) is 23.2 Å². The third-order valence-corrected chi connectivity index (χ3v) is 5.16. The van der Waals surface area contributed by atoms with Crippen LogP contribution in [0.2, 0.25) is 0 Å². The Labute approximate surface area is 185 Å². The highest BCUT2D eigenvalue weighted by molar-refractivity contribution is 14.0. The van der Waals surface area contributed by atoms with Gasteiger partial charge in [0.25, 0.3) is 0 Å². The number of benzene rings is 1. The molecule has 1 amide bonds. The Balaban J connectivity index is 0.00000280. The lowest BCUT2D eigenvalue weighted by molar-refractivity contribution is 0.0187. The fourth-order valence-corrected chi connectivity index (χ4v) is 3.69. The second kappa shape index (κ2) is 9.80. The molecule has 3 rings (SSSR count). The molecule has 0 saturated carbocycles. The monoisotopic (exact) mass is 500 g/mol. The van der Waals surface area contributed by atoms with E-state index in [0.29, 0.717) is 31.5 Å². The Kier molecular flexibility index (Phi) is 7.97. The number of rotatable bonds is 3. The highest BCUT2D eigenvalue weighted by Crippen LogP contribution is 2.25. The minimum absolute atomic E-state index is 0. The first-order valence-corrected chi connectivity index (χ1v) is 9.97. The van der Waals surface area contributed by atoms with Crippen molar-refractivity contribution in [2.45, 2.75) is 58.5 Å². The van der Waals surface area contributed by atoms with Crippen molar-refractivity contribution < 1.29 is 9.53 Å². The number of anilines is 1. The maximum Gasteiger partial charge on any atom is 0.410 e. The Morgan fingerprint density at radius 1 is 1.25 bits per heavy atom. The first-order valence-electron chi connectivity index (χ1n) is 9.97. The molecule has 1 aliphatic carbocycles. The molecule has 28 heavy (non-hydrogen) atoms. The van der Waals surface area contributed by atoms with Crippen LogP contribution in [0.1, 0.15) is 51.2 Å². The predicted molar refractivity (Wildman–Crippen MR) is 125 cm³/mol. The van der Waals surface area contributed by atoms with Crippen LogP contribution in [0, 0.1) is 5.92 Å². The second-order valence-electron chi connectivity index (χ2n) is 8.60. The van der Waals surface area contributed by atoms with Gasteiger partial charge in [0.05, 0.1) is 0 Å². The first kappa shape index (κ1) is 22.8. The number of guanidine groups is 1. The van der Waals surface area contributed by atoms with Gasteiger partial charge in [-0.3, -0.25) is 4.99 Å². The number of nitrogens with zero attached hydrogens (tertiary/aromatic N) is 2. The number of carbonyl (C=O) groups is 1. The number of nitrogens with two attached hydrogens (primary N) is 1. The summed E-state index contributed by atoms with van der Waals surface area (Å²) in [5.74, 6) is 0.909. The van der Waals surface area contributed by atoms with E-state index in [-0.39, 0.29) is 30.1 Å². The zero-order valence-corrected chi connectivity index (χ0v) is 19.5. The third kappa shape index (κ3) is 6.53. The van der Waals surface area contributed by atoms with Crippen molar-refractivity contribution in [2.75, 3.05) is 25.0 Å². The van der Waals surface area contributed by atoms with Gasteiger partial charge in [-0.15, -0.1) is 24.0 Å². The highest BCUT2D eigenvalue weighted by atomic mass is 127. The number of halogens is 1. The van der Waals surface area contributed by atoms with E-state index in [2.05, 4.69) is 28.5 Å². The van der Waals surface area contributed by atoms with Crippen LogP contribution in [-0.4, -0.2) is 42.2 Å². The largest absolute Gasteiger partial charge is 0.444 e. The first-order chi connectivity index (χ1) is 12.8. The maximum absolute atomic E-state index is 12.1. The van der Waals surface area contributed by atoms with Gasteiger partial charge in [0.15, 0.2) is 5.96 Å². The number of hydrogen-bond acceptors (Lipinski definition) is 3. The van der Waals surface area contributed by atoms with Gasteiger partial charge >= 0.3 is 6.09 Å². The summed E-state index contributed by atoms with van der Waals surface area (Å²) in [7, 11) is 0. The quantitative estimate of drug-likeness (QED) is 0.371. The standard InChI is InChI=1S/C21H32N4O2.HI/c1-21(2,3)27-20(26)25-11-9-15(10-12-25)14-23-19(22)24-18-8-7-16-5-4-6-17(16)13-18;/h7-8,13,15H,4-6,9-12,14H2,1-3H3,(H3,22,23,24);1H. The minimum atomic E-state index is -0.449. The van der Waals surface area contributed by atoms with Crippen molar-refractivity contribution in [3.63, 3.8) is 0 Å².